The molecule has 0 rings (SSSR count). The molecule has 0 spiro atoms. The molecule has 0 saturated heterocycles. The monoisotopic (exact) mass is 204 g/mol. The van der Waals surface area contributed by atoms with Gasteiger partial charge in [-0.25, -0.2) is 0 Å². The van der Waals surface area contributed by atoms with E-state index in [1.165, 1.54) is 0 Å². The standard InChI is InChI=1S/C2H6O2.2Na.H3O4P/c3-1-2-4;;;1-5(2,3)4/h3-4H,1-2H2;;;(H3,1,2,3,4)/q;2*+1;/p-2. The van der Waals surface area contributed by atoms with E-state index in [0.29, 0.717) is 0 Å². The fourth-order valence-electron chi connectivity index (χ4n) is 0. The molecule has 0 aliphatic heterocycles. The van der Waals surface area contributed by atoms with Crippen LogP contribution in [0, 0.1) is 0 Å². The fourth-order valence-corrected chi connectivity index (χ4v) is 0. The predicted molar refractivity (Wildman–Crippen MR) is 24.0 cm³/mol. The van der Waals surface area contributed by atoms with E-state index in [1.54, 1.807) is 0 Å². The Morgan fingerprint density at radius 3 is 1.18 bits per heavy atom. The first-order valence-corrected chi connectivity index (χ1v) is 3.38. The van der Waals surface area contributed by atoms with Crippen molar-refractivity contribution in [1.82, 2.24) is 0 Å². The third-order valence-corrected chi connectivity index (χ3v) is 0.1000. The normalized spacial score (nSPS) is 8.09. The minimum absolute atomic E-state index is 0. The molecule has 0 unspecified atom stereocenters. The van der Waals surface area contributed by atoms with Gasteiger partial charge in [-0.2, -0.15) is 0 Å². The summed E-state index contributed by atoms with van der Waals surface area (Å²) in [6.07, 6.45) is 0. The molecule has 0 aliphatic rings. The molecular weight excluding hydrogens is 197 g/mol. The predicted octanol–water partition coefficient (Wildman–Crippen LogP) is -9.21. The molecule has 0 aromatic heterocycles. The summed E-state index contributed by atoms with van der Waals surface area (Å²) in [5.74, 6) is 0. The van der Waals surface area contributed by atoms with E-state index < -0.39 is 7.82 Å². The number of phosphoric acid groups is 1. The summed E-state index contributed by atoms with van der Waals surface area (Å²) in [5, 5.41) is 15.2. The van der Waals surface area contributed by atoms with Crippen molar-refractivity contribution in [3.63, 3.8) is 0 Å². The van der Waals surface area contributed by atoms with Crippen LogP contribution in [0.3, 0.4) is 0 Å². The Morgan fingerprint density at radius 2 is 1.18 bits per heavy atom. The van der Waals surface area contributed by atoms with E-state index in [4.69, 9.17) is 29.5 Å². The van der Waals surface area contributed by atoms with Crippen LogP contribution in [0.2, 0.25) is 0 Å². The molecular formula is C2H7Na2O6P. The van der Waals surface area contributed by atoms with Crippen LogP contribution in [-0.2, 0) is 4.57 Å². The van der Waals surface area contributed by atoms with Crippen molar-refractivity contribution in [2.75, 3.05) is 13.2 Å². The van der Waals surface area contributed by atoms with Gasteiger partial charge in [0, 0.05) is 0 Å². The molecule has 11 heavy (non-hydrogen) atoms. The van der Waals surface area contributed by atoms with Crippen molar-refractivity contribution in [3.05, 3.63) is 0 Å². The summed E-state index contributed by atoms with van der Waals surface area (Å²) in [7, 11) is -5.14. The smallest absolute Gasteiger partial charge is 0.790 e. The van der Waals surface area contributed by atoms with E-state index in [9.17, 15) is 0 Å². The maximum absolute atomic E-state index is 8.66. The third-order valence-electron chi connectivity index (χ3n) is 0.1000. The van der Waals surface area contributed by atoms with E-state index >= 15 is 0 Å². The second-order valence-electron chi connectivity index (χ2n) is 0.916. The summed E-state index contributed by atoms with van der Waals surface area (Å²) >= 11 is 0. The molecule has 0 aromatic carbocycles. The van der Waals surface area contributed by atoms with E-state index in [0.717, 1.165) is 0 Å². The van der Waals surface area contributed by atoms with Crippen molar-refractivity contribution >= 4 is 7.82 Å². The first kappa shape index (κ1) is 23.1. The van der Waals surface area contributed by atoms with Gasteiger partial charge in [-0.15, -0.1) is 0 Å². The van der Waals surface area contributed by atoms with E-state index in [-0.39, 0.29) is 72.3 Å². The maximum Gasteiger partial charge on any atom is 1.00 e. The number of hydrogen-bond donors (Lipinski definition) is 3. The molecule has 0 amide bonds. The first-order valence-electron chi connectivity index (χ1n) is 1.88. The molecule has 6 nitrogen and oxygen atoms in total. The molecule has 0 bridgehead atoms. The number of rotatable bonds is 1. The third kappa shape index (κ3) is 132. The van der Waals surface area contributed by atoms with Crippen LogP contribution < -0.4 is 68.9 Å². The summed E-state index contributed by atoms with van der Waals surface area (Å²) in [6, 6.07) is 0. The van der Waals surface area contributed by atoms with Gasteiger partial charge in [-0.1, -0.05) is 0 Å². The molecule has 3 N–H and O–H groups in total. The molecule has 0 saturated carbocycles. The summed E-state index contributed by atoms with van der Waals surface area (Å²) in [5.41, 5.74) is 0. The Bertz CT molecular complexity index is 82.3. The number of aliphatic hydroxyl groups excluding tert-OH is 2. The Morgan fingerprint density at radius 1 is 1.09 bits per heavy atom. The van der Waals surface area contributed by atoms with Gasteiger partial charge >= 0.3 is 59.1 Å². The quantitative estimate of drug-likeness (QED) is 0.288. The SMILES string of the molecule is O=P([O-])([O-])O.OCCO.[Na+].[Na+]. The van der Waals surface area contributed by atoms with Crippen LogP contribution in [0.5, 0.6) is 0 Å². The zero-order valence-electron chi connectivity index (χ0n) is 6.43. The van der Waals surface area contributed by atoms with E-state index in [2.05, 4.69) is 0 Å². The minimum Gasteiger partial charge on any atom is -0.790 e. The van der Waals surface area contributed by atoms with Crippen LogP contribution in [-0.4, -0.2) is 28.3 Å². The van der Waals surface area contributed by atoms with Gasteiger partial charge in [0.05, 0.1) is 21.0 Å². The van der Waals surface area contributed by atoms with Crippen molar-refractivity contribution in [3.8, 4) is 0 Å². The van der Waals surface area contributed by atoms with E-state index in [1.807, 2.05) is 0 Å². The average molecular weight is 204 g/mol. The maximum atomic E-state index is 8.66. The number of aliphatic hydroxyl groups is 2. The van der Waals surface area contributed by atoms with Gasteiger partial charge in [0.1, 0.15) is 0 Å². The largest absolute Gasteiger partial charge is 1.00 e. The zero-order chi connectivity index (χ0) is 7.91. The Balaban J connectivity index is -0.0000000383. The zero-order valence-corrected chi connectivity index (χ0v) is 11.3. The van der Waals surface area contributed by atoms with Crippen molar-refractivity contribution in [1.29, 1.82) is 0 Å². The second-order valence-corrected chi connectivity index (χ2v) is 1.85. The molecule has 0 heterocycles. The molecule has 9 heteroatoms. The van der Waals surface area contributed by atoms with Gasteiger partial charge in [0.15, 0.2) is 0 Å². The Hall–Kier alpha value is 2.03. The van der Waals surface area contributed by atoms with Gasteiger partial charge in [-0.3, -0.25) is 0 Å². The van der Waals surface area contributed by atoms with Gasteiger partial charge in [0.25, 0.3) is 0 Å². The number of hydrogen-bond acceptors (Lipinski definition) is 5. The summed E-state index contributed by atoms with van der Waals surface area (Å²) < 4.78 is 8.66. The molecule has 0 radical (unpaired) electrons. The van der Waals surface area contributed by atoms with Crippen molar-refractivity contribution < 1.29 is 88.6 Å². The molecule has 0 atom stereocenters. The topological polar surface area (TPSA) is 124 Å². The second kappa shape index (κ2) is 14.5. The van der Waals surface area contributed by atoms with Crippen LogP contribution in [0.15, 0.2) is 0 Å². The van der Waals surface area contributed by atoms with Gasteiger partial charge in [-0.05, 0) is 0 Å². The van der Waals surface area contributed by atoms with Crippen LogP contribution in [0.4, 0.5) is 0 Å². The fraction of sp³-hybridized carbons (Fsp3) is 1.00. The average Bonchev–Trinajstić information content (AvgIpc) is 1.61. The minimum atomic E-state index is -5.14. The summed E-state index contributed by atoms with van der Waals surface area (Å²) in [4.78, 5) is 24.3. The Kier molecular flexibility index (Phi) is 30.6. The van der Waals surface area contributed by atoms with Gasteiger partial charge < -0.3 is 29.5 Å². The van der Waals surface area contributed by atoms with Gasteiger partial charge in [0.2, 0.25) is 0 Å². The van der Waals surface area contributed by atoms with Crippen LogP contribution >= 0.6 is 7.82 Å². The van der Waals surface area contributed by atoms with Crippen molar-refractivity contribution in [2.24, 2.45) is 0 Å². The molecule has 0 aromatic rings. The molecule has 58 valence electrons. The Labute approximate surface area is 108 Å². The van der Waals surface area contributed by atoms with Crippen molar-refractivity contribution in [2.45, 2.75) is 0 Å². The summed E-state index contributed by atoms with van der Waals surface area (Å²) in [6.45, 7) is -0.250. The van der Waals surface area contributed by atoms with Crippen LogP contribution in [0.1, 0.15) is 0 Å². The first-order chi connectivity index (χ1) is 3.91. The molecule has 0 aliphatic carbocycles. The van der Waals surface area contributed by atoms with Crippen LogP contribution in [0.25, 0.3) is 0 Å². The molecule has 0 fully saturated rings.